The number of carbonyl (C=O) groups excluding carboxylic acids is 1. The first-order chi connectivity index (χ1) is 9.75. The van der Waals surface area contributed by atoms with Crippen molar-refractivity contribution < 1.29 is 9.32 Å². The second-order valence-electron chi connectivity index (χ2n) is 4.60. The smallest absolute Gasteiger partial charge is 0.276 e. The Bertz CT molecular complexity index is 591. The van der Waals surface area contributed by atoms with Crippen molar-refractivity contribution in [3.63, 3.8) is 0 Å². The van der Waals surface area contributed by atoms with E-state index >= 15 is 0 Å². The molecule has 0 unspecified atom stereocenters. The summed E-state index contributed by atoms with van der Waals surface area (Å²) in [6, 6.07) is 3.47. The highest BCUT2D eigenvalue weighted by atomic mass is 16.5. The molecule has 0 aromatic carbocycles. The summed E-state index contributed by atoms with van der Waals surface area (Å²) in [5.74, 6) is -0.0962. The van der Waals surface area contributed by atoms with E-state index in [1.165, 1.54) is 6.26 Å². The minimum Gasteiger partial charge on any atom is -0.396 e. The van der Waals surface area contributed by atoms with Crippen LogP contribution in [-0.4, -0.2) is 47.1 Å². The number of aromatic nitrogens is 2. The van der Waals surface area contributed by atoms with Gasteiger partial charge in [0.1, 0.15) is 6.26 Å². The summed E-state index contributed by atoms with van der Waals surface area (Å²) in [4.78, 5) is 20.0. The molecule has 0 spiro atoms. The van der Waals surface area contributed by atoms with Gasteiger partial charge in [0.25, 0.3) is 5.91 Å². The molecular weight excluding hydrogens is 258 g/mol. The zero-order chi connectivity index (χ0) is 13.9. The van der Waals surface area contributed by atoms with Crippen molar-refractivity contribution in [2.24, 2.45) is 0 Å². The Morgan fingerprint density at radius 3 is 2.70 bits per heavy atom. The molecule has 7 heteroatoms. The monoisotopic (exact) mass is 273 g/mol. The highest BCUT2D eigenvalue weighted by molar-refractivity contribution is 5.92. The third kappa shape index (κ3) is 2.29. The lowest BCUT2D eigenvalue weighted by atomic mass is 10.2. The van der Waals surface area contributed by atoms with Crippen LogP contribution in [0.1, 0.15) is 10.5 Å². The van der Waals surface area contributed by atoms with E-state index in [9.17, 15) is 4.79 Å². The maximum Gasteiger partial charge on any atom is 0.276 e. The van der Waals surface area contributed by atoms with Crippen LogP contribution in [0.4, 0.5) is 11.4 Å². The summed E-state index contributed by atoms with van der Waals surface area (Å²) in [6.07, 6.45) is 4.77. The number of piperazine rings is 1. The largest absolute Gasteiger partial charge is 0.396 e. The van der Waals surface area contributed by atoms with Crippen LogP contribution in [0.15, 0.2) is 35.3 Å². The second-order valence-corrected chi connectivity index (χ2v) is 4.60. The first kappa shape index (κ1) is 12.5. The van der Waals surface area contributed by atoms with Crippen LogP contribution in [0.25, 0.3) is 0 Å². The van der Waals surface area contributed by atoms with Crippen molar-refractivity contribution in [3.05, 3.63) is 36.5 Å². The predicted molar refractivity (Wildman–Crippen MR) is 73.3 cm³/mol. The fourth-order valence-corrected chi connectivity index (χ4v) is 2.32. The van der Waals surface area contributed by atoms with E-state index < -0.39 is 0 Å². The van der Waals surface area contributed by atoms with Crippen LogP contribution >= 0.6 is 0 Å². The predicted octanol–water partition coefficient (Wildman–Crippen LogP) is 0.614. The molecular formula is C13H15N5O2. The lowest BCUT2D eigenvalue weighted by Crippen LogP contribution is -2.49. The van der Waals surface area contributed by atoms with Crippen LogP contribution in [0.3, 0.4) is 0 Å². The highest BCUT2D eigenvalue weighted by Gasteiger charge is 2.24. The maximum absolute atomic E-state index is 12.1. The van der Waals surface area contributed by atoms with Crippen molar-refractivity contribution in [1.82, 2.24) is 15.0 Å². The summed E-state index contributed by atoms with van der Waals surface area (Å²) >= 11 is 0. The molecule has 20 heavy (non-hydrogen) atoms. The molecule has 0 radical (unpaired) electrons. The molecule has 0 bridgehead atoms. The summed E-state index contributed by atoms with van der Waals surface area (Å²) in [5.41, 5.74) is 7.89. The lowest BCUT2D eigenvalue weighted by Gasteiger charge is -2.36. The zero-order valence-electron chi connectivity index (χ0n) is 10.9. The molecule has 0 saturated carbocycles. The van der Waals surface area contributed by atoms with E-state index in [1.54, 1.807) is 23.4 Å². The SMILES string of the molecule is Nc1cnccc1N1CCN(C(=O)c2ccon2)CC1. The van der Waals surface area contributed by atoms with E-state index in [-0.39, 0.29) is 5.91 Å². The number of nitrogens with zero attached hydrogens (tertiary/aromatic N) is 4. The van der Waals surface area contributed by atoms with Gasteiger partial charge >= 0.3 is 0 Å². The molecule has 1 aliphatic rings. The van der Waals surface area contributed by atoms with Gasteiger partial charge < -0.3 is 20.1 Å². The number of hydrogen-bond donors (Lipinski definition) is 1. The number of amides is 1. The first-order valence-corrected chi connectivity index (χ1v) is 6.40. The van der Waals surface area contributed by atoms with E-state index in [4.69, 9.17) is 10.3 Å². The van der Waals surface area contributed by atoms with Crippen molar-refractivity contribution in [1.29, 1.82) is 0 Å². The molecule has 1 saturated heterocycles. The molecule has 0 aliphatic carbocycles. The first-order valence-electron chi connectivity index (χ1n) is 6.40. The normalized spacial score (nSPS) is 15.4. The van der Waals surface area contributed by atoms with Gasteiger partial charge in [0.05, 0.1) is 17.6 Å². The molecule has 3 heterocycles. The van der Waals surface area contributed by atoms with Crippen LogP contribution in [0.5, 0.6) is 0 Å². The molecule has 2 aromatic rings. The van der Waals surface area contributed by atoms with Gasteiger partial charge in [0.2, 0.25) is 0 Å². The Labute approximate surface area is 116 Å². The van der Waals surface area contributed by atoms with Crippen LogP contribution < -0.4 is 10.6 Å². The third-order valence-electron chi connectivity index (χ3n) is 3.39. The number of nitrogens with two attached hydrogens (primary N) is 1. The van der Waals surface area contributed by atoms with Crippen molar-refractivity contribution in [3.8, 4) is 0 Å². The Morgan fingerprint density at radius 1 is 1.25 bits per heavy atom. The van der Waals surface area contributed by atoms with E-state index in [1.807, 2.05) is 6.07 Å². The van der Waals surface area contributed by atoms with E-state index in [0.29, 0.717) is 24.5 Å². The zero-order valence-corrected chi connectivity index (χ0v) is 10.9. The van der Waals surface area contributed by atoms with Gasteiger partial charge in [-0.1, -0.05) is 5.16 Å². The van der Waals surface area contributed by atoms with Crippen LogP contribution in [-0.2, 0) is 0 Å². The number of hydrogen-bond acceptors (Lipinski definition) is 6. The van der Waals surface area contributed by atoms with Crippen LogP contribution in [0, 0.1) is 0 Å². The molecule has 1 aliphatic heterocycles. The fourth-order valence-electron chi connectivity index (χ4n) is 2.32. The average molecular weight is 273 g/mol. The minimum absolute atomic E-state index is 0.0962. The number of pyridine rings is 1. The average Bonchev–Trinajstić information content (AvgIpc) is 3.01. The molecule has 1 amide bonds. The topological polar surface area (TPSA) is 88.5 Å². The van der Waals surface area contributed by atoms with Crippen LogP contribution in [0.2, 0.25) is 0 Å². The summed E-state index contributed by atoms with van der Waals surface area (Å²) in [7, 11) is 0. The fraction of sp³-hybridized carbons (Fsp3) is 0.308. The van der Waals surface area contributed by atoms with E-state index in [0.717, 1.165) is 18.8 Å². The second kappa shape index (κ2) is 5.20. The van der Waals surface area contributed by atoms with Gasteiger partial charge in [0.15, 0.2) is 5.69 Å². The minimum atomic E-state index is -0.0962. The van der Waals surface area contributed by atoms with Gasteiger partial charge in [-0.2, -0.15) is 0 Å². The lowest BCUT2D eigenvalue weighted by molar-refractivity contribution is 0.0736. The standard InChI is InChI=1S/C13H15N5O2/c14-10-9-15-3-1-12(10)17-4-6-18(7-5-17)13(19)11-2-8-20-16-11/h1-3,8-9H,4-7,14H2. The maximum atomic E-state index is 12.1. The molecule has 0 atom stereocenters. The number of rotatable bonds is 2. The van der Waals surface area contributed by atoms with Gasteiger partial charge in [-0.25, -0.2) is 0 Å². The summed E-state index contributed by atoms with van der Waals surface area (Å²) < 4.78 is 4.70. The summed E-state index contributed by atoms with van der Waals surface area (Å²) in [6.45, 7) is 2.73. The van der Waals surface area contributed by atoms with Crippen molar-refractivity contribution in [2.75, 3.05) is 36.8 Å². The molecule has 104 valence electrons. The molecule has 3 rings (SSSR count). The third-order valence-corrected chi connectivity index (χ3v) is 3.39. The number of anilines is 2. The Balaban J connectivity index is 1.65. The number of nitrogen functional groups attached to an aromatic ring is 1. The Hall–Kier alpha value is -2.57. The van der Waals surface area contributed by atoms with Gasteiger partial charge in [-0.05, 0) is 6.07 Å². The van der Waals surface area contributed by atoms with Gasteiger partial charge in [-0.3, -0.25) is 9.78 Å². The number of carbonyl (C=O) groups is 1. The van der Waals surface area contributed by atoms with Crippen molar-refractivity contribution in [2.45, 2.75) is 0 Å². The quantitative estimate of drug-likeness (QED) is 0.862. The molecule has 7 nitrogen and oxygen atoms in total. The molecule has 2 N–H and O–H groups in total. The molecule has 1 fully saturated rings. The van der Waals surface area contributed by atoms with Gasteiger partial charge in [-0.15, -0.1) is 0 Å². The molecule has 2 aromatic heterocycles. The Kier molecular flexibility index (Phi) is 3.24. The van der Waals surface area contributed by atoms with Crippen molar-refractivity contribution >= 4 is 17.3 Å². The van der Waals surface area contributed by atoms with Gasteiger partial charge in [0, 0.05) is 38.4 Å². The van der Waals surface area contributed by atoms with E-state index in [2.05, 4.69) is 15.0 Å². The highest BCUT2D eigenvalue weighted by Crippen LogP contribution is 2.22. The summed E-state index contributed by atoms with van der Waals surface area (Å²) in [5, 5.41) is 3.67. The Morgan fingerprint density at radius 2 is 2.05 bits per heavy atom.